The summed E-state index contributed by atoms with van der Waals surface area (Å²) in [4.78, 5) is 0. The SMILES string of the molecule is C=CC(C#N)(CCC)CC(=C)C. The van der Waals surface area contributed by atoms with Gasteiger partial charge in [0.1, 0.15) is 0 Å². The highest BCUT2D eigenvalue weighted by atomic mass is 14.4. The Balaban J connectivity index is 4.48. The Hall–Kier alpha value is -1.03. The average Bonchev–Trinajstić information content (AvgIpc) is 2.03. The molecule has 0 aliphatic heterocycles. The van der Waals surface area contributed by atoms with Crippen LogP contribution in [0.2, 0.25) is 0 Å². The van der Waals surface area contributed by atoms with Crippen molar-refractivity contribution in [2.24, 2.45) is 5.41 Å². The molecule has 0 rings (SSSR count). The van der Waals surface area contributed by atoms with Gasteiger partial charge in [0, 0.05) is 0 Å². The quantitative estimate of drug-likeness (QED) is 0.569. The van der Waals surface area contributed by atoms with E-state index in [-0.39, 0.29) is 5.41 Å². The molecule has 0 aliphatic carbocycles. The van der Waals surface area contributed by atoms with Gasteiger partial charge in [0.2, 0.25) is 0 Å². The van der Waals surface area contributed by atoms with Crippen molar-refractivity contribution in [1.29, 1.82) is 5.26 Å². The van der Waals surface area contributed by atoms with Crippen molar-refractivity contribution in [1.82, 2.24) is 0 Å². The van der Waals surface area contributed by atoms with Crippen LogP contribution in [0.1, 0.15) is 33.1 Å². The van der Waals surface area contributed by atoms with Crippen molar-refractivity contribution in [2.75, 3.05) is 0 Å². The zero-order valence-electron chi connectivity index (χ0n) is 8.06. The third kappa shape index (κ3) is 2.92. The van der Waals surface area contributed by atoms with Crippen molar-refractivity contribution in [3.05, 3.63) is 24.8 Å². The summed E-state index contributed by atoms with van der Waals surface area (Å²) in [5, 5.41) is 8.99. The minimum Gasteiger partial charge on any atom is -0.197 e. The monoisotopic (exact) mass is 163 g/mol. The Morgan fingerprint density at radius 1 is 1.67 bits per heavy atom. The Morgan fingerprint density at radius 2 is 2.25 bits per heavy atom. The lowest BCUT2D eigenvalue weighted by Gasteiger charge is -2.21. The summed E-state index contributed by atoms with van der Waals surface area (Å²) in [6.07, 6.45) is 4.37. The Labute approximate surface area is 75.4 Å². The van der Waals surface area contributed by atoms with E-state index >= 15 is 0 Å². The van der Waals surface area contributed by atoms with Crippen molar-refractivity contribution in [3.8, 4) is 6.07 Å². The lowest BCUT2D eigenvalue weighted by atomic mass is 9.80. The molecule has 12 heavy (non-hydrogen) atoms. The van der Waals surface area contributed by atoms with Crippen molar-refractivity contribution in [3.63, 3.8) is 0 Å². The maximum atomic E-state index is 8.99. The maximum Gasteiger partial charge on any atom is 0.0787 e. The molecule has 0 N–H and O–H groups in total. The van der Waals surface area contributed by atoms with Gasteiger partial charge < -0.3 is 0 Å². The van der Waals surface area contributed by atoms with Gasteiger partial charge in [0.25, 0.3) is 0 Å². The molecule has 0 amide bonds. The van der Waals surface area contributed by atoms with E-state index < -0.39 is 0 Å². The molecule has 0 aliphatic rings. The van der Waals surface area contributed by atoms with E-state index in [1.807, 2.05) is 6.92 Å². The third-order valence-electron chi connectivity index (χ3n) is 1.93. The van der Waals surface area contributed by atoms with Crippen LogP contribution in [0.5, 0.6) is 0 Å². The van der Waals surface area contributed by atoms with Crippen LogP contribution in [0.4, 0.5) is 0 Å². The summed E-state index contributed by atoms with van der Waals surface area (Å²) in [7, 11) is 0. The topological polar surface area (TPSA) is 23.8 Å². The highest BCUT2D eigenvalue weighted by molar-refractivity contribution is 5.15. The van der Waals surface area contributed by atoms with Gasteiger partial charge in [0.15, 0.2) is 0 Å². The molecule has 1 nitrogen and oxygen atoms in total. The van der Waals surface area contributed by atoms with E-state index in [0.29, 0.717) is 0 Å². The lowest BCUT2D eigenvalue weighted by Crippen LogP contribution is -2.14. The van der Waals surface area contributed by atoms with Gasteiger partial charge in [0.05, 0.1) is 11.5 Å². The molecule has 0 radical (unpaired) electrons. The molecular weight excluding hydrogens is 146 g/mol. The standard InChI is InChI=1S/C11H17N/c1-5-7-11(6-2,9-12)8-10(3)4/h6H,2-3,5,7-8H2,1,4H3. The van der Waals surface area contributed by atoms with Crippen LogP contribution in [0.25, 0.3) is 0 Å². The largest absolute Gasteiger partial charge is 0.197 e. The number of nitrogens with zero attached hydrogens (tertiary/aromatic N) is 1. The lowest BCUT2D eigenvalue weighted by molar-refractivity contribution is 0.454. The first-order valence-electron chi connectivity index (χ1n) is 4.29. The second kappa shape index (κ2) is 4.77. The van der Waals surface area contributed by atoms with Crippen LogP contribution < -0.4 is 0 Å². The molecule has 0 saturated heterocycles. The van der Waals surface area contributed by atoms with Crippen LogP contribution in [-0.4, -0.2) is 0 Å². The fraction of sp³-hybridized carbons (Fsp3) is 0.545. The van der Waals surface area contributed by atoms with Gasteiger partial charge >= 0.3 is 0 Å². The first kappa shape index (κ1) is 11.0. The molecule has 0 aromatic carbocycles. The summed E-state index contributed by atoms with van der Waals surface area (Å²) in [5.74, 6) is 0. The summed E-state index contributed by atoms with van der Waals surface area (Å²) in [6.45, 7) is 11.6. The van der Waals surface area contributed by atoms with Crippen LogP contribution in [0.3, 0.4) is 0 Å². The molecular formula is C11H17N. The van der Waals surface area contributed by atoms with Crippen LogP contribution in [0.15, 0.2) is 24.8 Å². The fourth-order valence-electron chi connectivity index (χ4n) is 1.39. The van der Waals surface area contributed by atoms with Gasteiger partial charge in [-0.3, -0.25) is 0 Å². The molecule has 66 valence electrons. The van der Waals surface area contributed by atoms with Crippen molar-refractivity contribution in [2.45, 2.75) is 33.1 Å². The Kier molecular flexibility index (Phi) is 4.36. The van der Waals surface area contributed by atoms with Gasteiger partial charge in [-0.2, -0.15) is 5.26 Å². The minimum atomic E-state index is -0.374. The van der Waals surface area contributed by atoms with E-state index in [0.717, 1.165) is 24.8 Å². The summed E-state index contributed by atoms with van der Waals surface area (Å²) in [6, 6.07) is 2.32. The normalized spacial score (nSPS) is 14.4. The average molecular weight is 163 g/mol. The first-order valence-corrected chi connectivity index (χ1v) is 4.29. The maximum absolute atomic E-state index is 8.99. The molecule has 0 saturated carbocycles. The highest BCUT2D eigenvalue weighted by Crippen LogP contribution is 2.31. The van der Waals surface area contributed by atoms with E-state index in [1.54, 1.807) is 6.08 Å². The zero-order chi connectivity index (χ0) is 9.61. The second-order valence-corrected chi connectivity index (χ2v) is 3.36. The van der Waals surface area contributed by atoms with Crippen molar-refractivity contribution >= 4 is 0 Å². The van der Waals surface area contributed by atoms with Crippen LogP contribution in [-0.2, 0) is 0 Å². The smallest absolute Gasteiger partial charge is 0.0787 e. The number of rotatable bonds is 5. The molecule has 0 bridgehead atoms. The van der Waals surface area contributed by atoms with Crippen LogP contribution in [0, 0.1) is 16.7 Å². The van der Waals surface area contributed by atoms with Gasteiger partial charge in [-0.25, -0.2) is 0 Å². The first-order chi connectivity index (χ1) is 5.60. The minimum absolute atomic E-state index is 0.374. The fourth-order valence-corrected chi connectivity index (χ4v) is 1.39. The second-order valence-electron chi connectivity index (χ2n) is 3.36. The summed E-state index contributed by atoms with van der Waals surface area (Å²) in [5.41, 5.74) is 0.672. The van der Waals surface area contributed by atoms with E-state index in [2.05, 4.69) is 26.2 Å². The molecule has 0 heterocycles. The van der Waals surface area contributed by atoms with Gasteiger partial charge in [-0.05, 0) is 19.8 Å². The number of nitriles is 1. The molecule has 0 spiro atoms. The zero-order valence-corrected chi connectivity index (χ0v) is 8.06. The van der Waals surface area contributed by atoms with Crippen molar-refractivity contribution < 1.29 is 0 Å². The molecule has 0 aromatic heterocycles. The molecule has 1 unspecified atom stereocenters. The Bertz CT molecular complexity index is 210. The van der Waals surface area contributed by atoms with E-state index in [4.69, 9.17) is 5.26 Å². The predicted molar refractivity (Wildman–Crippen MR) is 52.6 cm³/mol. The van der Waals surface area contributed by atoms with E-state index in [9.17, 15) is 0 Å². The molecule has 0 aromatic rings. The number of hydrogen-bond donors (Lipinski definition) is 0. The summed E-state index contributed by atoms with van der Waals surface area (Å²) < 4.78 is 0. The Morgan fingerprint density at radius 3 is 2.50 bits per heavy atom. The number of hydrogen-bond acceptors (Lipinski definition) is 1. The highest BCUT2D eigenvalue weighted by Gasteiger charge is 2.24. The third-order valence-corrected chi connectivity index (χ3v) is 1.93. The molecule has 1 heteroatoms. The van der Waals surface area contributed by atoms with E-state index in [1.165, 1.54) is 0 Å². The summed E-state index contributed by atoms with van der Waals surface area (Å²) >= 11 is 0. The predicted octanol–water partition coefficient (Wildman–Crippen LogP) is 3.45. The number of allylic oxidation sites excluding steroid dienone is 2. The van der Waals surface area contributed by atoms with Gasteiger partial charge in [-0.15, -0.1) is 13.2 Å². The van der Waals surface area contributed by atoms with Gasteiger partial charge in [-0.1, -0.05) is 25.0 Å². The molecule has 1 atom stereocenters. The molecule has 0 fully saturated rings. The van der Waals surface area contributed by atoms with Crippen LogP contribution >= 0.6 is 0 Å².